The molecule has 0 aliphatic carbocycles. The van der Waals surface area contributed by atoms with E-state index in [0.717, 1.165) is 40.0 Å². The van der Waals surface area contributed by atoms with Gasteiger partial charge < -0.3 is 9.30 Å². The molecule has 0 bridgehead atoms. The summed E-state index contributed by atoms with van der Waals surface area (Å²) >= 11 is 13.5. The van der Waals surface area contributed by atoms with Gasteiger partial charge in [-0.15, -0.1) is 10.2 Å². The van der Waals surface area contributed by atoms with Crippen LogP contribution in [-0.2, 0) is 11.3 Å². The lowest BCUT2D eigenvalue weighted by atomic mass is 10.0. The summed E-state index contributed by atoms with van der Waals surface area (Å²) in [5.74, 6) is 0.843. The number of carbonyl (C=O) groups is 1. The third kappa shape index (κ3) is 5.76. The van der Waals surface area contributed by atoms with Crippen molar-refractivity contribution in [1.82, 2.24) is 19.7 Å². The Morgan fingerprint density at radius 1 is 0.947 bits per heavy atom. The Bertz CT molecular complexity index is 1590. The number of carbonyl (C=O) groups excluding carboxylic acids is 1. The number of nitrogens with zero attached hydrogens (tertiary/aromatic N) is 4. The van der Waals surface area contributed by atoms with Crippen LogP contribution in [0, 0.1) is 0 Å². The zero-order valence-corrected chi connectivity index (χ0v) is 22.9. The van der Waals surface area contributed by atoms with Gasteiger partial charge >= 0.3 is 0 Å². The number of para-hydroxylation sites is 1. The maximum atomic E-state index is 12.9. The summed E-state index contributed by atoms with van der Waals surface area (Å²) in [5, 5.41) is 11.5. The number of aromatic nitrogens is 4. The average molecular weight is 564 g/mol. The molecule has 5 rings (SSSR count). The Morgan fingerprint density at radius 3 is 2.53 bits per heavy atom. The summed E-state index contributed by atoms with van der Waals surface area (Å²) in [5.41, 5.74) is 4.19. The van der Waals surface area contributed by atoms with Crippen molar-refractivity contribution in [2.24, 2.45) is 0 Å². The molecule has 0 atom stereocenters. The molecule has 0 aliphatic heterocycles. The smallest absolute Gasteiger partial charge is 0.191 e. The first-order valence-electron chi connectivity index (χ1n) is 12.0. The van der Waals surface area contributed by atoms with Gasteiger partial charge in [-0.3, -0.25) is 4.79 Å². The van der Waals surface area contributed by atoms with Gasteiger partial charge in [-0.25, -0.2) is 4.98 Å². The predicted octanol–water partition coefficient (Wildman–Crippen LogP) is 7.48. The number of ketones is 1. The SMILES string of the molecule is COCCCn1c(SCC(=O)c2ccc(Cl)c(Cl)c2)nnc1-c1cc(-c2ccccc2)nc2ccccc12. The van der Waals surface area contributed by atoms with E-state index in [1.807, 2.05) is 54.6 Å². The van der Waals surface area contributed by atoms with Crippen LogP contribution in [0.5, 0.6) is 0 Å². The molecular weight excluding hydrogens is 539 g/mol. The monoisotopic (exact) mass is 562 g/mol. The highest BCUT2D eigenvalue weighted by atomic mass is 35.5. The summed E-state index contributed by atoms with van der Waals surface area (Å²) in [6, 6.07) is 25.0. The van der Waals surface area contributed by atoms with Crippen molar-refractivity contribution in [2.75, 3.05) is 19.5 Å². The summed E-state index contributed by atoms with van der Waals surface area (Å²) in [6.45, 7) is 1.23. The van der Waals surface area contributed by atoms with Crippen molar-refractivity contribution in [1.29, 1.82) is 0 Å². The molecule has 0 N–H and O–H groups in total. The van der Waals surface area contributed by atoms with Crippen molar-refractivity contribution in [3.8, 4) is 22.6 Å². The van der Waals surface area contributed by atoms with E-state index in [1.165, 1.54) is 11.8 Å². The van der Waals surface area contributed by atoms with Crippen LogP contribution in [0.1, 0.15) is 16.8 Å². The number of hydrogen-bond acceptors (Lipinski definition) is 6. The van der Waals surface area contributed by atoms with Crippen LogP contribution < -0.4 is 0 Å². The van der Waals surface area contributed by atoms with Crippen molar-refractivity contribution in [3.05, 3.63) is 94.5 Å². The van der Waals surface area contributed by atoms with Gasteiger partial charge in [-0.1, -0.05) is 83.5 Å². The quantitative estimate of drug-likeness (QED) is 0.0997. The molecule has 2 heterocycles. The van der Waals surface area contributed by atoms with Crippen LogP contribution in [-0.4, -0.2) is 45.0 Å². The first-order valence-corrected chi connectivity index (χ1v) is 13.8. The Balaban J connectivity index is 1.53. The van der Waals surface area contributed by atoms with E-state index < -0.39 is 0 Å². The zero-order chi connectivity index (χ0) is 26.5. The number of fused-ring (bicyclic) bond motifs is 1. The van der Waals surface area contributed by atoms with E-state index in [9.17, 15) is 4.79 Å². The fraction of sp³-hybridized carbons (Fsp3) is 0.172. The molecule has 0 aliphatic rings. The summed E-state index contributed by atoms with van der Waals surface area (Å²) in [6.07, 6.45) is 0.768. The molecule has 0 radical (unpaired) electrons. The number of halogens is 2. The molecule has 2 aromatic heterocycles. The Kier molecular flexibility index (Phi) is 8.39. The molecule has 9 heteroatoms. The van der Waals surface area contributed by atoms with Crippen molar-refractivity contribution in [3.63, 3.8) is 0 Å². The number of Topliss-reactive ketones (excluding diaryl/α,β-unsaturated/α-hetero) is 1. The third-order valence-corrected chi connectivity index (χ3v) is 7.75. The summed E-state index contributed by atoms with van der Waals surface area (Å²) < 4.78 is 7.36. The number of hydrogen-bond donors (Lipinski definition) is 0. The van der Waals surface area contributed by atoms with Crippen LogP contribution in [0.2, 0.25) is 10.0 Å². The molecule has 0 spiro atoms. The lowest BCUT2D eigenvalue weighted by Gasteiger charge is -2.13. The van der Waals surface area contributed by atoms with E-state index >= 15 is 0 Å². The molecule has 6 nitrogen and oxygen atoms in total. The van der Waals surface area contributed by atoms with Gasteiger partial charge in [-0.2, -0.15) is 0 Å². The summed E-state index contributed by atoms with van der Waals surface area (Å²) in [4.78, 5) is 17.8. The highest BCUT2D eigenvalue weighted by molar-refractivity contribution is 7.99. The number of rotatable bonds is 10. The second-order valence-electron chi connectivity index (χ2n) is 8.58. The molecule has 192 valence electrons. The largest absolute Gasteiger partial charge is 0.385 e. The minimum Gasteiger partial charge on any atom is -0.385 e. The Hall–Kier alpha value is -3.23. The van der Waals surface area contributed by atoms with Crippen molar-refractivity contribution < 1.29 is 9.53 Å². The summed E-state index contributed by atoms with van der Waals surface area (Å²) in [7, 11) is 1.68. The average Bonchev–Trinajstić information content (AvgIpc) is 3.35. The van der Waals surface area contributed by atoms with Gasteiger partial charge in [0.2, 0.25) is 0 Å². The standard InChI is InChI=1S/C29H24Cl2N4O2S/c1-37-15-7-14-35-28(33-34-29(35)38-18-27(36)20-12-13-23(30)24(31)16-20)22-17-26(19-8-3-2-4-9-19)32-25-11-6-5-10-21(22)25/h2-6,8-13,16-17H,7,14-15,18H2,1H3. The van der Waals surface area contributed by atoms with Crippen molar-refractivity contribution in [2.45, 2.75) is 18.1 Å². The second-order valence-corrected chi connectivity index (χ2v) is 10.3. The lowest BCUT2D eigenvalue weighted by Crippen LogP contribution is -2.08. The fourth-order valence-corrected chi connectivity index (χ4v) is 5.32. The fourth-order valence-electron chi connectivity index (χ4n) is 4.16. The van der Waals surface area contributed by atoms with Crippen LogP contribution in [0.25, 0.3) is 33.5 Å². The molecule has 0 unspecified atom stereocenters. The molecule has 38 heavy (non-hydrogen) atoms. The van der Waals surface area contributed by atoms with Gasteiger partial charge in [-0.05, 0) is 36.8 Å². The molecule has 0 saturated heterocycles. The number of benzene rings is 3. The normalized spacial score (nSPS) is 11.2. The Morgan fingerprint density at radius 2 is 1.74 bits per heavy atom. The first kappa shape index (κ1) is 26.4. The number of pyridine rings is 1. The minimum absolute atomic E-state index is 0.0673. The first-order chi connectivity index (χ1) is 18.5. The second kappa shape index (κ2) is 12.1. The van der Waals surface area contributed by atoms with E-state index in [-0.39, 0.29) is 11.5 Å². The van der Waals surface area contributed by atoms with Crippen molar-refractivity contribution >= 4 is 51.6 Å². The molecule has 0 saturated carbocycles. The van der Waals surface area contributed by atoms with E-state index in [4.69, 9.17) is 32.9 Å². The minimum atomic E-state index is -0.0673. The van der Waals surface area contributed by atoms with Gasteiger partial charge in [0, 0.05) is 42.3 Å². The molecule has 0 fully saturated rings. The van der Waals surface area contributed by atoms with Crippen LogP contribution in [0.3, 0.4) is 0 Å². The van der Waals surface area contributed by atoms with E-state index in [0.29, 0.717) is 33.9 Å². The highest BCUT2D eigenvalue weighted by Gasteiger charge is 2.20. The van der Waals surface area contributed by atoms with Gasteiger partial charge in [0.25, 0.3) is 0 Å². The number of ether oxygens (including phenoxy) is 1. The van der Waals surface area contributed by atoms with Gasteiger partial charge in [0.05, 0.1) is 27.0 Å². The lowest BCUT2D eigenvalue weighted by molar-refractivity contribution is 0.102. The molecular formula is C29H24Cl2N4O2S. The van der Waals surface area contributed by atoms with Crippen LogP contribution in [0.4, 0.5) is 0 Å². The molecule has 0 amide bonds. The zero-order valence-electron chi connectivity index (χ0n) is 20.6. The van der Waals surface area contributed by atoms with E-state index in [2.05, 4.69) is 20.8 Å². The third-order valence-electron chi connectivity index (χ3n) is 6.05. The maximum absolute atomic E-state index is 12.9. The number of methoxy groups -OCH3 is 1. The van der Waals surface area contributed by atoms with E-state index in [1.54, 1.807) is 25.3 Å². The van der Waals surface area contributed by atoms with Crippen LogP contribution in [0.15, 0.2) is 84.0 Å². The highest BCUT2D eigenvalue weighted by Crippen LogP contribution is 2.33. The molecule has 3 aromatic carbocycles. The van der Waals surface area contributed by atoms with Gasteiger partial charge in [0.15, 0.2) is 16.8 Å². The predicted molar refractivity (Wildman–Crippen MR) is 154 cm³/mol. The van der Waals surface area contributed by atoms with Gasteiger partial charge in [0.1, 0.15) is 0 Å². The number of thioether (sulfide) groups is 1. The maximum Gasteiger partial charge on any atom is 0.191 e. The van der Waals surface area contributed by atoms with Crippen LogP contribution >= 0.6 is 35.0 Å². The Labute approximate surface area is 235 Å². The molecule has 5 aromatic rings. The topological polar surface area (TPSA) is 69.9 Å².